The zero-order chi connectivity index (χ0) is 46.2. The lowest BCUT2D eigenvalue weighted by molar-refractivity contribution is -0.140. The standard InChI is InChI=1S/C48H67N7O9/c1-29(2)41(55-43(57)25-34(53-47(63)36-15-6-9-17-38(36)49)23-31-28-50-39-18-10-7-14-35(31)39)27-44(58)54-40-19-11-8-16-37(40)48(64)52-33(22-30-12-4-3-5-13-30)24-42(56)51-32(26-46(61)62)20-21-45(59)60/h3-5,7,10,12-14,18,28-29,32-34,36-38,40-41,50H,6,8-9,11,15-17,19-27,49H2,1-2H3,(H,51,56)(H,52,64)(H,53,63)(H,54,58)(H,55,57)(H,59,60)(H,61,62)/t32-,33-,34-,36+,37+,38+,40+,41+/m0/s1. The van der Waals surface area contributed by atoms with Crippen LogP contribution in [0.25, 0.3) is 10.9 Å². The van der Waals surface area contributed by atoms with Crippen molar-refractivity contribution in [2.45, 2.75) is 153 Å². The molecular weight excluding hydrogens is 819 g/mol. The van der Waals surface area contributed by atoms with E-state index in [2.05, 4.69) is 31.6 Å². The van der Waals surface area contributed by atoms with E-state index in [0.29, 0.717) is 32.1 Å². The number of carbonyl (C=O) groups is 7. The minimum Gasteiger partial charge on any atom is -0.481 e. The number of aliphatic carboxylic acids is 2. The molecule has 1 aromatic heterocycles. The Morgan fingerprint density at radius 1 is 0.656 bits per heavy atom. The molecule has 8 atom stereocenters. The number of benzene rings is 2. The Balaban J connectivity index is 1.21. The molecule has 2 aliphatic rings. The van der Waals surface area contributed by atoms with Crippen LogP contribution < -0.4 is 32.3 Å². The van der Waals surface area contributed by atoms with E-state index in [1.165, 1.54) is 0 Å². The summed E-state index contributed by atoms with van der Waals surface area (Å²) in [5, 5.41) is 34.5. The van der Waals surface area contributed by atoms with Crippen LogP contribution in [0.1, 0.15) is 115 Å². The summed E-state index contributed by atoms with van der Waals surface area (Å²) in [5.74, 6) is -4.93. The summed E-state index contributed by atoms with van der Waals surface area (Å²) in [7, 11) is 0. The number of hydrogen-bond donors (Lipinski definition) is 9. The number of hydrogen-bond acceptors (Lipinski definition) is 8. The van der Waals surface area contributed by atoms with Crippen molar-refractivity contribution >= 4 is 52.4 Å². The van der Waals surface area contributed by atoms with Crippen LogP contribution in [0.5, 0.6) is 0 Å². The molecule has 0 spiro atoms. The fourth-order valence-electron chi connectivity index (χ4n) is 9.18. The van der Waals surface area contributed by atoms with E-state index in [0.717, 1.165) is 54.1 Å². The second kappa shape index (κ2) is 24.3. The van der Waals surface area contributed by atoms with Crippen molar-refractivity contribution in [2.24, 2.45) is 23.5 Å². The first-order chi connectivity index (χ1) is 30.6. The van der Waals surface area contributed by atoms with E-state index in [4.69, 9.17) is 10.8 Å². The largest absolute Gasteiger partial charge is 0.481 e. The van der Waals surface area contributed by atoms with Crippen molar-refractivity contribution in [1.29, 1.82) is 0 Å². The van der Waals surface area contributed by atoms with Gasteiger partial charge in [0, 0.05) is 79.0 Å². The van der Waals surface area contributed by atoms with Crippen molar-refractivity contribution in [2.75, 3.05) is 0 Å². The van der Waals surface area contributed by atoms with Crippen LogP contribution in [-0.4, -0.2) is 92.9 Å². The Morgan fingerprint density at radius 2 is 1.27 bits per heavy atom. The van der Waals surface area contributed by atoms with Crippen molar-refractivity contribution < 1.29 is 43.8 Å². The average molecular weight is 886 g/mol. The van der Waals surface area contributed by atoms with Gasteiger partial charge in [-0.3, -0.25) is 33.6 Å². The first-order valence-corrected chi connectivity index (χ1v) is 22.9. The second-order valence-electron chi connectivity index (χ2n) is 18.1. The first-order valence-electron chi connectivity index (χ1n) is 22.9. The zero-order valence-electron chi connectivity index (χ0n) is 37.1. The molecule has 2 aromatic carbocycles. The van der Waals surface area contributed by atoms with Crippen LogP contribution >= 0.6 is 0 Å². The third-order valence-electron chi connectivity index (χ3n) is 12.7. The fourth-order valence-corrected chi connectivity index (χ4v) is 9.18. The number of nitrogens with one attached hydrogen (secondary N) is 6. The molecule has 2 fully saturated rings. The highest BCUT2D eigenvalue weighted by Gasteiger charge is 2.35. The van der Waals surface area contributed by atoms with Crippen LogP contribution in [0.4, 0.5) is 0 Å². The number of amides is 5. The van der Waals surface area contributed by atoms with Gasteiger partial charge in [0.05, 0.1) is 18.3 Å². The number of para-hydroxylation sites is 1. The maximum atomic E-state index is 14.0. The monoisotopic (exact) mass is 886 g/mol. The number of carboxylic acid groups (broad SMARTS) is 2. The van der Waals surface area contributed by atoms with Gasteiger partial charge in [0.15, 0.2) is 0 Å². The molecule has 2 saturated carbocycles. The third kappa shape index (κ3) is 15.5. The minimum absolute atomic E-state index is 0.00631. The summed E-state index contributed by atoms with van der Waals surface area (Å²) < 4.78 is 0. The van der Waals surface area contributed by atoms with Gasteiger partial charge in [0.25, 0.3) is 0 Å². The number of nitrogens with two attached hydrogens (primary N) is 1. The summed E-state index contributed by atoms with van der Waals surface area (Å²) in [6, 6.07) is 13.8. The first kappa shape index (κ1) is 49.2. The quantitative estimate of drug-likeness (QED) is 0.0654. The van der Waals surface area contributed by atoms with E-state index in [1.807, 2.05) is 74.6 Å². The summed E-state index contributed by atoms with van der Waals surface area (Å²) in [6.45, 7) is 3.84. The Bertz CT molecular complexity index is 2060. The molecule has 1 heterocycles. The highest BCUT2D eigenvalue weighted by molar-refractivity contribution is 5.86. The van der Waals surface area contributed by atoms with Crippen LogP contribution in [0.3, 0.4) is 0 Å². The zero-order valence-corrected chi connectivity index (χ0v) is 37.1. The SMILES string of the molecule is CC(C)[C@@H](CC(=O)N[C@@H]1CCCC[C@H]1C(=O)N[C@H](CC(=O)N[C@@H](CCC(=O)O)CC(=O)O)Cc1ccccc1)NC(=O)C[C@H](Cc1c[nH]c2ccccc12)NC(=O)[C@@H]1CCCC[C@H]1N. The van der Waals surface area contributed by atoms with Crippen LogP contribution in [0.15, 0.2) is 60.8 Å². The number of carboxylic acids is 2. The number of rotatable bonds is 23. The van der Waals surface area contributed by atoms with Gasteiger partial charge in [0.2, 0.25) is 29.5 Å². The van der Waals surface area contributed by atoms with Gasteiger partial charge in [-0.15, -0.1) is 0 Å². The number of fused-ring (bicyclic) bond motifs is 1. The smallest absolute Gasteiger partial charge is 0.305 e. The molecule has 3 aromatic rings. The predicted octanol–water partition coefficient (Wildman–Crippen LogP) is 4.25. The molecule has 64 heavy (non-hydrogen) atoms. The molecule has 5 amide bonds. The van der Waals surface area contributed by atoms with Gasteiger partial charge < -0.3 is 47.5 Å². The molecule has 0 radical (unpaired) electrons. The minimum atomic E-state index is -1.18. The summed E-state index contributed by atoms with van der Waals surface area (Å²) in [6.07, 6.45) is 7.62. The Kier molecular flexibility index (Phi) is 18.7. The van der Waals surface area contributed by atoms with E-state index >= 15 is 0 Å². The third-order valence-corrected chi connectivity index (χ3v) is 12.7. The maximum absolute atomic E-state index is 14.0. The molecule has 10 N–H and O–H groups in total. The predicted molar refractivity (Wildman–Crippen MR) is 242 cm³/mol. The van der Waals surface area contributed by atoms with Gasteiger partial charge in [-0.05, 0) is 68.1 Å². The van der Waals surface area contributed by atoms with Crippen molar-refractivity contribution in [3.63, 3.8) is 0 Å². The average Bonchev–Trinajstić information content (AvgIpc) is 3.65. The number of aromatic nitrogens is 1. The Labute approximate surface area is 375 Å². The summed E-state index contributed by atoms with van der Waals surface area (Å²) >= 11 is 0. The van der Waals surface area contributed by atoms with E-state index in [-0.39, 0.29) is 73.6 Å². The second-order valence-corrected chi connectivity index (χ2v) is 18.1. The molecule has 0 bridgehead atoms. The van der Waals surface area contributed by atoms with E-state index in [1.54, 1.807) is 0 Å². The molecular formula is C48H67N7O9. The lowest BCUT2D eigenvalue weighted by atomic mass is 9.83. The molecule has 0 unspecified atom stereocenters. The molecule has 0 aliphatic heterocycles. The van der Waals surface area contributed by atoms with Crippen LogP contribution in [0.2, 0.25) is 0 Å². The molecule has 16 nitrogen and oxygen atoms in total. The topological polar surface area (TPSA) is 262 Å². The molecule has 348 valence electrons. The molecule has 16 heteroatoms. The highest BCUT2D eigenvalue weighted by Crippen LogP contribution is 2.27. The number of H-pyrrole nitrogens is 1. The van der Waals surface area contributed by atoms with Crippen LogP contribution in [-0.2, 0) is 46.4 Å². The molecule has 5 rings (SSSR count). The van der Waals surface area contributed by atoms with Crippen molar-refractivity contribution in [1.82, 2.24) is 31.6 Å². The van der Waals surface area contributed by atoms with Gasteiger partial charge >= 0.3 is 11.9 Å². The highest BCUT2D eigenvalue weighted by atomic mass is 16.4. The normalized spacial score (nSPS) is 20.6. The van der Waals surface area contributed by atoms with Crippen molar-refractivity contribution in [3.8, 4) is 0 Å². The summed E-state index contributed by atoms with van der Waals surface area (Å²) in [5.41, 5.74) is 9.16. The van der Waals surface area contributed by atoms with Crippen molar-refractivity contribution in [3.05, 3.63) is 71.9 Å². The number of aromatic amines is 1. The Morgan fingerprint density at radius 3 is 1.94 bits per heavy atom. The Hall–Kier alpha value is -5.77. The summed E-state index contributed by atoms with van der Waals surface area (Å²) in [4.78, 5) is 94.4. The van der Waals surface area contributed by atoms with Crippen LogP contribution in [0, 0.1) is 17.8 Å². The van der Waals surface area contributed by atoms with Gasteiger partial charge in [0.1, 0.15) is 0 Å². The number of carbonyl (C=O) groups excluding carboxylic acids is 5. The lowest BCUT2D eigenvalue weighted by Gasteiger charge is -2.33. The van der Waals surface area contributed by atoms with E-state index in [9.17, 15) is 38.7 Å². The van der Waals surface area contributed by atoms with Gasteiger partial charge in [-0.2, -0.15) is 0 Å². The van der Waals surface area contributed by atoms with Gasteiger partial charge in [-0.25, -0.2) is 0 Å². The van der Waals surface area contributed by atoms with Gasteiger partial charge in [-0.1, -0.05) is 88.1 Å². The lowest BCUT2D eigenvalue weighted by Crippen LogP contribution is -2.52. The fraction of sp³-hybridized carbons (Fsp3) is 0.562. The molecule has 2 aliphatic carbocycles. The molecule has 0 saturated heterocycles. The van der Waals surface area contributed by atoms with E-state index < -0.39 is 60.4 Å². The maximum Gasteiger partial charge on any atom is 0.305 e.